The van der Waals surface area contributed by atoms with Crippen LogP contribution in [-0.2, 0) is 6.42 Å². The van der Waals surface area contributed by atoms with Crippen LogP contribution in [-0.4, -0.2) is 38.0 Å². The molecule has 1 radical (unpaired) electrons. The second-order valence-electron chi connectivity index (χ2n) is 4.45. The van der Waals surface area contributed by atoms with E-state index < -0.39 is 0 Å². The molecule has 107 valence electrons. The minimum absolute atomic E-state index is 0.682. The van der Waals surface area contributed by atoms with Crippen LogP contribution in [0.2, 0.25) is 0 Å². The predicted octanol–water partition coefficient (Wildman–Crippen LogP) is 2.16. The second-order valence-corrected chi connectivity index (χ2v) is 5.26. The molecule has 0 atom stereocenters. The second kappa shape index (κ2) is 8.35. The topological polar surface area (TPSA) is 49.6 Å². The third-order valence-corrected chi connectivity index (χ3v) is 3.32. The van der Waals surface area contributed by atoms with Crippen LogP contribution in [0.1, 0.15) is 18.2 Å². The van der Waals surface area contributed by atoms with Gasteiger partial charge in [-0.25, -0.2) is 0 Å². The first-order valence-corrected chi connectivity index (χ1v) is 7.58. The van der Waals surface area contributed by atoms with Crippen molar-refractivity contribution in [3.63, 3.8) is 0 Å². The summed E-state index contributed by atoms with van der Waals surface area (Å²) in [7, 11) is 0. The monoisotopic (exact) mass is 345 g/mol. The van der Waals surface area contributed by atoms with Crippen LogP contribution in [0.4, 0.5) is 0 Å². The number of hydrogen-bond donors (Lipinski definition) is 1. The molecular weight excluding hydrogens is 327 g/mol. The van der Waals surface area contributed by atoms with Gasteiger partial charge in [0.05, 0.1) is 0 Å². The third kappa shape index (κ3) is 5.50. The maximum absolute atomic E-state index is 4.41. The van der Waals surface area contributed by atoms with Gasteiger partial charge in [0, 0.05) is 0 Å². The fourth-order valence-electron chi connectivity index (χ4n) is 1.73. The van der Waals surface area contributed by atoms with Crippen molar-refractivity contribution in [1.29, 1.82) is 0 Å². The Morgan fingerprint density at radius 1 is 1.14 bits per heavy atom. The SMILES string of the molecule is CC(=NNC([Se])=NCCc1ccccc1)c1ccccn1. The molecule has 0 aliphatic rings. The van der Waals surface area contributed by atoms with Crippen molar-refractivity contribution in [2.45, 2.75) is 13.3 Å². The third-order valence-electron chi connectivity index (χ3n) is 2.85. The first-order chi connectivity index (χ1) is 10.3. The van der Waals surface area contributed by atoms with E-state index in [9.17, 15) is 0 Å². The van der Waals surface area contributed by atoms with Crippen molar-refractivity contribution in [2.75, 3.05) is 6.54 Å². The van der Waals surface area contributed by atoms with E-state index in [0.717, 1.165) is 24.4 Å². The molecule has 0 aliphatic carbocycles. The van der Waals surface area contributed by atoms with Gasteiger partial charge in [-0.1, -0.05) is 0 Å². The molecule has 2 aromatic rings. The molecule has 1 aromatic heterocycles. The first kappa shape index (κ1) is 15.4. The molecular formula is C16H17N4Se. The summed E-state index contributed by atoms with van der Waals surface area (Å²) in [5.41, 5.74) is 5.86. The molecule has 1 N–H and O–H groups in total. The van der Waals surface area contributed by atoms with Crippen LogP contribution < -0.4 is 5.43 Å². The average Bonchev–Trinajstić information content (AvgIpc) is 2.54. The molecule has 1 heterocycles. The van der Waals surface area contributed by atoms with Gasteiger partial charge >= 0.3 is 133 Å². The number of rotatable bonds is 5. The summed E-state index contributed by atoms with van der Waals surface area (Å²) < 4.78 is 0.682. The van der Waals surface area contributed by atoms with Gasteiger partial charge in [-0.05, 0) is 0 Å². The summed E-state index contributed by atoms with van der Waals surface area (Å²) in [5, 5.41) is 4.26. The van der Waals surface area contributed by atoms with Gasteiger partial charge in [-0.3, -0.25) is 0 Å². The summed E-state index contributed by atoms with van der Waals surface area (Å²) >= 11 is 2.88. The summed E-state index contributed by atoms with van der Waals surface area (Å²) in [6.45, 7) is 2.63. The molecule has 0 fully saturated rings. The van der Waals surface area contributed by atoms with E-state index >= 15 is 0 Å². The molecule has 0 saturated heterocycles. The van der Waals surface area contributed by atoms with E-state index in [1.807, 2.05) is 43.3 Å². The van der Waals surface area contributed by atoms with Crippen molar-refractivity contribution in [2.24, 2.45) is 10.1 Å². The number of nitrogens with zero attached hydrogens (tertiary/aromatic N) is 3. The molecule has 1 aromatic carbocycles. The summed E-state index contributed by atoms with van der Waals surface area (Å²) in [6, 6.07) is 16.0. The molecule has 0 spiro atoms. The number of hydrazone groups is 1. The molecule has 4 nitrogen and oxygen atoms in total. The van der Waals surface area contributed by atoms with E-state index in [-0.39, 0.29) is 0 Å². The predicted molar refractivity (Wildman–Crippen MR) is 87.8 cm³/mol. The number of amidine groups is 1. The Hall–Kier alpha value is -1.97. The maximum atomic E-state index is 4.41. The van der Waals surface area contributed by atoms with Crippen molar-refractivity contribution in [1.82, 2.24) is 10.4 Å². The molecule has 0 saturated carbocycles. The van der Waals surface area contributed by atoms with E-state index in [2.05, 4.69) is 48.6 Å². The molecule has 0 aliphatic heterocycles. The normalized spacial score (nSPS) is 12.2. The number of benzene rings is 1. The van der Waals surface area contributed by atoms with Crippen LogP contribution in [0.3, 0.4) is 0 Å². The number of hydrogen-bond acceptors (Lipinski definition) is 3. The Morgan fingerprint density at radius 2 is 1.90 bits per heavy atom. The fraction of sp³-hybridized carbons (Fsp3) is 0.188. The molecule has 0 amide bonds. The Balaban J connectivity index is 1.84. The van der Waals surface area contributed by atoms with Gasteiger partial charge in [-0.2, -0.15) is 0 Å². The van der Waals surface area contributed by atoms with E-state index in [1.54, 1.807) is 6.20 Å². The Kier molecular flexibility index (Phi) is 6.13. The standard InChI is InChI=1S/C16H17N4Se/c1-13(15-9-5-6-11-17-15)19-20-16(21)18-12-10-14-7-3-2-4-8-14/h2-9,11H,10,12H2,1H3,(H,18,20). The Labute approximate surface area is 133 Å². The van der Waals surface area contributed by atoms with Crippen LogP contribution in [0.5, 0.6) is 0 Å². The van der Waals surface area contributed by atoms with Gasteiger partial charge in [0.15, 0.2) is 0 Å². The summed E-state index contributed by atoms with van der Waals surface area (Å²) in [5.74, 6) is 0. The minimum atomic E-state index is 0.682. The van der Waals surface area contributed by atoms with E-state index in [1.165, 1.54) is 5.56 Å². The zero-order chi connectivity index (χ0) is 14.9. The summed E-state index contributed by atoms with van der Waals surface area (Å²) in [6.07, 6.45) is 2.66. The zero-order valence-electron chi connectivity index (χ0n) is 11.9. The molecule has 2 rings (SSSR count). The average molecular weight is 344 g/mol. The van der Waals surface area contributed by atoms with Crippen LogP contribution in [0.15, 0.2) is 64.8 Å². The number of pyridine rings is 1. The fourth-order valence-corrected chi connectivity index (χ4v) is 2.02. The molecule has 0 unspecified atom stereocenters. The Morgan fingerprint density at radius 3 is 2.62 bits per heavy atom. The van der Waals surface area contributed by atoms with Crippen LogP contribution in [0, 0.1) is 0 Å². The van der Waals surface area contributed by atoms with Crippen molar-refractivity contribution in [3.05, 3.63) is 66.0 Å². The number of aromatic nitrogens is 1. The van der Waals surface area contributed by atoms with Crippen molar-refractivity contribution >= 4 is 26.5 Å². The summed E-state index contributed by atoms with van der Waals surface area (Å²) in [4.78, 5) is 8.65. The first-order valence-electron chi connectivity index (χ1n) is 6.73. The molecule has 5 heteroatoms. The molecule has 0 bridgehead atoms. The van der Waals surface area contributed by atoms with E-state index in [0.29, 0.717) is 4.73 Å². The molecule has 21 heavy (non-hydrogen) atoms. The van der Waals surface area contributed by atoms with Crippen LogP contribution in [0.25, 0.3) is 0 Å². The van der Waals surface area contributed by atoms with Gasteiger partial charge in [0.25, 0.3) is 0 Å². The van der Waals surface area contributed by atoms with E-state index in [4.69, 9.17) is 0 Å². The zero-order valence-corrected chi connectivity index (χ0v) is 13.6. The van der Waals surface area contributed by atoms with Crippen LogP contribution >= 0.6 is 0 Å². The quantitative estimate of drug-likeness (QED) is 0.391. The number of nitrogens with one attached hydrogen (secondary N) is 1. The number of aliphatic imine (C=N–C) groups is 1. The van der Waals surface area contributed by atoms with Gasteiger partial charge in [0.2, 0.25) is 0 Å². The van der Waals surface area contributed by atoms with Gasteiger partial charge in [-0.15, -0.1) is 0 Å². The van der Waals surface area contributed by atoms with Gasteiger partial charge < -0.3 is 0 Å². The van der Waals surface area contributed by atoms with Crippen molar-refractivity contribution < 1.29 is 0 Å². The van der Waals surface area contributed by atoms with Gasteiger partial charge in [0.1, 0.15) is 0 Å². The Bertz CT molecular complexity index is 609. The van der Waals surface area contributed by atoms with Crippen molar-refractivity contribution in [3.8, 4) is 0 Å².